The van der Waals surface area contributed by atoms with Gasteiger partial charge in [0.25, 0.3) is 0 Å². The molecule has 0 saturated carbocycles. The molecule has 0 radical (unpaired) electrons. The predicted octanol–water partition coefficient (Wildman–Crippen LogP) is 6.05. The third-order valence-corrected chi connectivity index (χ3v) is 11.9. The first-order valence-electron chi connectivity index (χ1n) is 17.0. The maximum absolute atomic E-state index is 9.91. The van der Waals surface area contributed by atoms with Gasteiger partial charge in [0, 0.05) is 22.8 Å². The van der Waals surface area contributed by atoms with E-state index in [2.05, 4.69) is 158 Å². The van der Waals surface area contributed by atoms with Crippen LogP contribution in [0.15, 0.2) is 170 Å². The summed E-state index contributed by atoms with van der Waals surface area (Å²) < 4.78 is 0. The van der Waals surface area contributed by atoms with Gasteiger partial charge in [0.2, 0.25) is 0 Å². The molecule has 284 valence electrons. The molecule has 6 aromatic rings. The monoisotopic (exact) mass is 936 g/mol. The molecular formula is C46H46O4P2Pd2. The smallest absolute Gasteiger partial charge is 0.550 e. The van der Waals surface area contributed by atoms with Crippen LogP contribution in [0.3, 0.4) is 0 Å². The second kappa shape index (κ2) is 24.8. The fraction of sp³-hybridized carbons (Fsp3) is 0.174. The Labute approximate surface area is 352 Å². The van der Waals surface area contributed by atoms with E-state index in [9.17, 15) is 19.8 Å². The Balaban J connectivity index is 0.000000393. The molecule has 0 N–H and O–H groups in total. The van der Waals surface area contributed by atoms with Crippen molar-refractivity contribution in [2.45, 2.75) is 41.5 Å². The summed E-state index contributed by atoms with van der Waals surface area (Å²) in [6.45, 7) is 9.60. The molecule has 6 aromatic carbocycles. The van der Waals surface area contributed by atoms with E-state index in [1.165, 1.54) is 31.8 Å². The first-order valence-corrected chi connectivity index (χ1v) is 19.6. The van der Waals surface area contributed by atoms with Gasteiger partial charge in [0.1, 0.15) is 0 Å². The van der Waals surface area contributed by atoms with Crippen molar-refractivity contribution in [3.05, 3.63) is 182 Å². The van der Waals surface area contributed by atoms with Crippen LogP contribution < -0.4 is 42.0 Å². The van der Waals surface area contributed by atoms with Crippen molar-refractivity contribution in [1.82, 2.24) is 0 Å². The number of carboxylic acid groups (broad SMARTS) is 2. The minimum Gasteiger partial charge on any atom is -0.550 e. The van der Waals surface area contributed by atoms with Crippen molar-refractivity contribution < 1.29 is 60.6 Å². The minimum atomic E-state index is -1.01. The molecule has 0 spiro atoms. The quantitative estimate of drug-likeness (QED) is 0.116. The van der Waals surface area contributed by atoms with Crippen molar-refractivity contribution in [3.8, 4) is 0 Å². The fourth-order valence-corrected chi connectivity index (χ4v) is 8.68. The third kappa shape index (κ3) is 16.9. The van der Waals surface area contributed by atoms with E-state index in [1.807, 2.05) is 24.3 Å². The molecule has 0 fully saturated rings. The normalized spacial score (nSPS) is 10.4. The molecule has 0 aliphatic carbocycles. The molecule has 0 bridgehead atoms. The van der Waals surface area contributed by atoms with Gasteiger partial charge in [-0.25, -0.2) is 0 Å². The third-order valence-electron chi connectivity index (χ3n) is 7.15. The van der Waals surface area contributed by atoms with Crippen molar-refractivity contribution in [3.63, 3.8) is 0 Å². The molecule has 0 unspecified atom stereocenters. The van der Waals surface area contributed by atoms with Crippen LogP contribution in [0.5, 0.6) is 0 Å². The Morgan fingerprint density at radius 3 is 0.778 bits per heavy atom. The topological polar surface area (TPSA) is 80.3 Å². The van der Waals surface area contributed by atoms with Gasteiger partial charge in [0.15, 0.2) is 0 Å². The maximum atomic E-state index is 9.91. The molecule has 0 atom stereocenters. The van der Waals surface area contributed by atoms with Gasteiger partial charge in [-0.15, -0.1) is 10.6 Å². The van der Waals surface area contributed by atoms with E-state index < -0.39 is 38.6 Å². The van der Waals surface area contributed by atoms with Gasteiger partial charge in [-0.2, -0.15) is 60.7 Å². The van der Waals surface area contributed by atoms with Crippen LogP contribution in [-0.2, 0) is 50.4 Å². The van der Waals surface area contributed by atoms with Gasteiger partial charge >= 0.3 is 40.8 Å². The average molecular weight is 938 g/mol. The first kappa shape index (κ1) is 48.5. The van der Waals surface area contributed by atoms with E-state index in [4.69, 9.17) is 0 Å². The Kier molecular flexibility index (Phi) is 22.2. The predicted molar refractivity (Wildman–Crippen MR) is 217 cm³/mol. The van der Waals surface area contributed by atoms with Crippen LogP contribution in [0.25, 0.3) is 0 Å². The van der Waals surface area contributed by atoms with Gasteiger partial charge < -0.3 is 19.8 Å². The Morgan fingerprint density at radius 2 is 0.611 bits per heavy atom. The number of hydrogen-bond acceptors (Lipinski definition) is 4. The summed E-state index contributed by atoms with van der Waals surface area (Å²) in [5, 5.41) is 27.8. The second-order valence-corrected chi connectivity index (χ2v) is 18.0. The van der Waals surface area contributed by atoms with Crippen LogP contribution in [-0.4, -0.2) is 11.9 Å². The molecular weight excluding hydrogens is 891 g/mol. The molecule has 0 heterocycles. The van der Waals surface area contributed by atoms with Gasteiger partial charge in [-0.1, -0.05) is 163 Å². The van der Waals surface area contributed by atoms with Crippen LogP contribution in [0.2, 0.25) is 0 Å². The summed E-state index contributed by atoms with van der Waals surface area (Å²) in [5.74, 6) is -2.01. The summed E-state index contributed by atoms with van der Waals surface area (Å²) in [5.41, 5.74) is -1.39. The molecule has 0 aliphatic rings. The van der Waals surface area contributed by atoms with Crippen LogP contribution in [0.4, 0.5) is 0 Å². The van der Waals surface area contributed by atoms with E-state index in [0.29, 0.717) is 0 Å². The summed E-state index contributed by atoms with van der Waals surface area (Å²) in [6, 6.07) is 66.1. The molecule has 0 aliphatic heterocycles. The number of benzene rings is 6. The number of carbonyl (C=O) groups excluding carboxylic acids is 2. The van der Waals surface area contributed by atoms with Crippen LogP contribution >= 0.6 is 15.8 Å². The Morgan fingerprint density at radius 1 is 0.407 bits per heavy atom. The van der Waals surface area contributed by atoms with Gasteiger partial charge in [-0.05, 0) is 37.1 Å². The molecule has 4 nitrogen and oxygen atoms in total. The molecule has 0 saturated heterocycles. The van der Waals surface area contributed by atoms with E-state index >= 15 is 0 Å². The molecule has 54 heavy (non-hydrogen) atoms. The average Bonchev–Trinajstić information content (AvgIpc) is 3.15. The summed E-state index contributed by atoms with van der Waals surface area (Å²) in [7, 11) is -1.00. The minimum absolute atomic E-state index is 0. The van der Waals surface area contributed by atoms with E-state index in [1.54, 1.807) is 41.5 Å². The number of hydrogen-bond donors (Lipinski definition) is 0. The summed E-state index contributed by atoms with van der Waals surface area (Å²) in [6.07, 6.45) is 0. The van der Waals surface area contributed by atoms with Crippen molar-refractivity contribution in [2.24, 2.45) is 10.8 Å². The number of carbonyl (C=O) groups is 2. The molecule has 0 aromatic heterocycles. The second-order valence-electron chi connectivity index (χ2n) is 13.6. The van der Waals surface area contributed by atoms with Gasteiger partial charge in [-0.3, -0.25) is 0 Å². The zero-order valence-corrected chi connectivity index (χ0v) is 36.2. The molecule has 0 amide bonds. The van der Waals surface area contributed by atoms with Crippen LogP contribution in [0, 0.1) is 23.0 Å². The Hall–Kier alpha value is -3.56. The number of rotatable bonds is 6. The summed E-state index contributed by atoms with van der Waals surface area (Å²) in [4.78, 5) is 19.8. The number of carboxylic acids is 2. The maximum Gasteiger partial charge on any atom is 2.00 e. The molecule has 8 heteroatoms. The van der Waals surface area contributed by atoms with Crippen LogP contribution in [0.1, 0.15) is 41.5 Å². The SMILES string of the molecule is CC(C)(C)C(=O)[O-].CC(C)(C)C(=O)[O-].[Pd+2].[Pd+2].[c-]1ccccc1P(c1ccccc1)c1ccccc1.[c-]1ccccc1P(c1ccccc1)c1ccccc1. The van der Waals surface area contributed by atoms with Gasteiger partial charge in [0.05, 0.1) is 0 Å². The standard InChI is InChI=1S/2C18H14P.2C5H10O2.2Pd/c2*1-4-10-16(11-5-1)19(17-12-6-2-7-13-17)18-14-8-3-9-15-18;2*1-5(2,3)4(6)7;;/h2*1-14H;2*1-3H3,(H,6,7);;/q2*-1;;;2*+2/p-2. The van der Waals surface area contributed by atoms with Crippen molar-refractivity contribution in [2.75, 3.05) is 0 Å². The van der Waals surface area contributed by atoms with E-state index in [0.717, 1.165) is 0 Å². The largest absolute Gasteiger partial charge is 2.00 e. The number of aliphatic carboxylic acids is 2. The Bertz CT molecular complexity index is 1550. The first-order chi connectivity index (χ1) is 24.8. The zero-order chi connectivity index (χ0) is 38.0. The van der Waals surface area contributed by atoms with E-state index in [-0.39, 0.29) is 40.8 Å². The molecule has 6 rings (SSSR count). The van der Waals surface area contributed by atoms with Crippen molar-refractivity contribution in [1.29, 1.82) is 0 Å². The zero-order valence-electron chi connectivity index (χ0n) is 31.3. The fourth-order valence-electron chi connectivity index (χ4n) is 4.21. The summed E-state index contributed by atoms with van der Waals surface area (Å²) >= 11 is 0. The van der Waals surface area contributed by atoms with Crippen molar-refractivity contribution >= 4 is 59.6 Å².